The van der Waals surface area contributed by atoms with E-state index >= 15 is 0 Å². The molecular formula is C11H14BrN3O2S. The second-order valence-corrected chi connectivity index (χ2v) is 5.68. The second-order valence-electron chi connectivity index (χ2n) is 3.91. The average molecular weight is 332 g/mol. The van der Waals surface area contributed by atoms with Crippen LogP contribution >= 0.6 is 27.3 Å². The Morgan fingerprint density at radius 2 is 2.17 bits per heavy atom. The highest BCUT2D eigenvalue weighted by Gasteiger charge is 2.18. The van der Waals surface area contributed by atoms with Crippen LogP contribution in [0.3, 0.4) is 0 Å². The number of hydrogen-bond acceptors (Lipinski definition) is 4. The van der Waals surface area contributed by atoms with Crippen LogP contribution in [-0.4, -0.2) is 49.4 Å². The van der Waals surface area contributed by atoms with Gasteiger partial charge in [0.25, 0.3) is 5.91 Å². The van der Waals surface area contributed by atoms with Gasteiger partial charge >= 0.3 is 0 Å². The van der Waals surface area contributed by atoms with Crippen molar-refractivity contribution in [3.05, 3.63) is 20.8 Å². The molecule has 2 N–H and O–H groups in total. The monoisotopic (exact) mass is 331 g/mol. The van der Waals surface area contributed by atoms with Gasteiger partial charge in [0.1, 0.15) is 4.88 Å². The molecule has 1 aliphatic rings. The van der Waals surface area contributed by atoms with Crippen LogP contribution < -0.4 is 10.6 Å². The van der Waals surface area contributed by atoms with E-state index in [2.05, 4.69) is 26.6 Å². The third-order valence-electron chi connectivity index (χ3n) is 2.69. The van der Waals surface area contributed by atoms with E-state index in [0.717, 1.165) is 17.6 Å². The molecule has 0 radical (unpaired) electrons. The maximum atomic E-state index is 11.8. The second kappa shape index (κ2) is 6.31. The molecule has 7 heteroatoms. The minimum Gasteiger partial charge on any atom is -0.342 e. The molecule has 1 aromatic rings. The van der Waals surface area contributed by atoms with E-state index < -0.39 is 0 Å². The first-order valence-electron chi connectivity index (χ1n) is 5.68. The molecule has 0 aliphatic carbocycles. The number of amides is 2. The number of carbonyl (C=O) groups is 2. The highest BCUT2D eigenvalue weighted by atomic mass is 79.9. The van der Waals surface area contributed by atoms with Crippen molar-refractivity contribution in [1.82, 2.24) is 15.5 Å². The SMILES string of the molecule is O=C(NCC(=O)N1CCNCC1)c1sccc1Br. The van der Waals surface area contributed by atoms with Gasteiger partial charge in [0.15, 0.2) is 0 Å². The number of rotatable bonds is 3. The molecule has 0 saturated carbocycles. The van der Waals surface area contributed by atoms with Crippen molar-refractivity contribution >= 4 is 39.1 Å². The summed E-state index contributed by atoms with van der Waals surface area (Å²) in [6, 6.07) is 1.82. The fourth-order valence-electron chi connectivity index (χ4n) is 1.72. The molecule has 0 atom stereocenters. The zero-order valence-electron chi connectivity index (χ0n) is 9.74. The van der Waals surface area contributed by atoms with E-state index in [1.54, 1.807) is 4.90 Å². The maximum Gasteiger partial charge on any atom is 0.262 e. The molecule has 0 bridgehead atoms. The molecule has 1 aliphatic heterocycles. The molecule has 1 fully saturated rings. The number of hydrogen-bond donors (Lipinski definition) is 2. The summed E-state index contributed by atoms with van der Waals surface area (Å²) >= 11 is 4.65. The van der Waals surface area contributed by atoms with Crippen LogP contribution in [0.15, 0.2) is 15.9 Å². The van der Waals surface area contributed by atoms with Gasteiger partial charge in [-0.15, -0.1) is 11.3 Å². The Bertz CT molecular complexity index is 443. The minimum absolute atomic E-state index is 0.0301. The topological polar surface area (TPSA) is 61.4 Å². The van der Waals surface area contributed by atoms with Gasteiger partial charge in [0, 0.05) is 30.7 Å². The fourth-order valence-corrected chi connectivity index (χ4v) is 3.19. The normalized spacial score (nSPS) is 15.5. The average Bonchev–Trinajstić information content (AvgIpc) is 2.83. The fraction of sp³-hybridized carbons (Fsp3) is 0.455. The van der Waals surface area contributed by atoms with E-state index in [0.29, 0.717) is 18.0 Å². The summed E-state index contributed by atoms with van der Waals surface area (Å²) in [5.41, 5.74) is 0. The van der Waals surface area contributed by atoms with E-state index in [4.69, 9.17) is 0 Å². The molecule has 5 nitrogen and oxygen atoms in total. The van der Waals surface area contributed by atoms with Crippen molar-refractivity contribution in [2.24, 2.45) is 0 Å². The van der Waals surface area contributed by atoms with Crippen molar-refractivity contribution < 1.29 is 9.59 Å². The lowest BCUT2D eigenvalue weighted by atomic mass is 10.3. The van der Waals surface area contributed by atoms with Crippen molar-refractivity contribution in [3.8, 4) is 0 Å². The summed E-state index contributed by atoms with van der Waals surface area (Å²) in [4.78, 5) is 26.0. The Kier molecular flexibility index (Phi) is 4.73. The van der Waals surface area contributed by atoms with Gasteiger partial charge in [-0.05, 0) is 27.4 Å². The zero-order valence-corrected chi connectivity index (χ0v) is 12.1. The van der Waals surface area contributed by atoms with Crippen LogP contribution in [0.25, 0.3) is 0 Å². The predicted octanol–water partition coefficient (Wildman–Crippen LogP) is 0.672. The third kappa shape index (κ3) is 3.30. The first-order valence-corrected chi connectivity index (χ1v) is 7.35. The number of piperazine rings is 1. The van der Waals surface area contributed by atoms with Gasteiger partial charge in [-0.2, -0.15) is 0 Å². The van der Waals surface area contributed by atoms with Crippen LogP contribution in [0.4, 0.5) is 0 Å². The first kappa shape index (κ1) is 13.5. The molecule has 0 aromatic carbocycles. The van der Waals surface area contributed by atoms with Crippen LogP contribution in [0.1, 0.15) is 9.67 Å². The molecule has 2 amide bonds. The highest BCUT2D eigenvalue weighted by molar-refractivity contribution is 9.10. The number of halogens is 1. The molecule has 2 heterocycles. The lowest BCUT2D eigenvalue weighted by Gasteiger charge is -2.27. The van der Waals surface area contributed by atoms with Gasteiger partial charge in [-0.25, -0.2) is 0 Å². The van der Waals surface area contributed by atoms with E-state index in [1.807, 2.05) is 11.4 Å². The van der Waals surface area contributed by atoms with Crippen LogP contribution in [0, 0.1) is 0 Å². The minimum atomic E-state index is -0.208. The smallest absolute Gasteiger partial charge is 0.262 e. The van der Waals surface area contributed by atoms with Gasteiger partial charge in [-0.3, -0.25) is 9.59 Å². The van der Waals surface area contributed by atoms with Crippen molar-refractivity contribution in [3.63, 3.8) is 0 Å². The molecule has 1 saturated heterocycles. The molecule has 1 aromatic heterocycles. The van der Waals surface area contributed by atoms with Crippen LogP contribution in [-0.2, 0) is 4.79 Å². The van der Waals surface area contributed by atoms with Crippen molar-refractivity contribution in [2.75, 3.05) is 32.7 Å². The van der Waals surface area contributed by atoms with Crippen molar-refractivity contribution in [1.29, 1.82) is 0 Å². The molecule has 0 unspecified atom stereocenters. The number of thiophene rings is 1. The highest BCUT2D eigenvalue weighted by Crippen LogP contribution is 2.22. The lowest BCUT2D eigenvalue weighted by Crippen LogP contribution is -2.49. The number of nitrogens with one attached hydrogen (secondary N) is 2. The molecule has 18 heavy (non-hydrogen) atoms. The third-order valence-corrected chi connectivity index (χ3v) is 4.53. The Hall–Kier alpha value is -0.920. The summed E-state index contributed by atoms with van der Waals surface area (Å²) < 4.78 is 0.764. The Balaban J connectivity index is 1.82. The van der Waals surface area contributed by atoms with Gasteiger partial charge in [0.05, 0.1) is 6.54 Å². The first-order chi connectivity index (χ1) is 8.68. The summed E-state index contributed by atoms with van der Waals surface area (Å²) in [5, 5.41) is 7.66. The summed E-state index contributed by atoms with van der Waals surface area (Å²) in [5.74, 6) is -0.238. The van der Waals surface area contributed by atoms with Crippen LogP contribution in [0.2, 0.25) is 0 Å². The standard InChI is InChI=1S/C11H14BrN3O2S/c12-8-1-6-18-10(8)11(17)14-7-9(16)15-4-2-13-3-5-15/h1,6,13H,2-5,7H2,(H,14,17). The molecule has 2 rings (SSSR count). The van der Waals surface area contributed by atoms with E-state index in [1.165, 1.54) is 11.3 Å². The zero-order chi connectivity index (χ0) is 13.0. The van der Waals surface area contributed by atoms with E-state index in [-0.39, 0.29) is 18.4 Å². The number of nitrogens with zero attached hydrogens (tertiary/aromatic N) is 1. The lowest BCUT2D eigenvalue weighted by molar-refractivity contribution is -0.130. The summed E-state index contributed by atoms with van der Waals surface area (Å²) in [6.45, 7) is 3.10. The quantitative estimate of drug-likeness (QED) is 0.855. The van der Waals surface area contributed by atoms with Gasteiger partial charge in [-0.1, -0.05) is 0 Å². The van der Waals surface area contributed by atoms with Gasteiger partial charge in [0.2, 0.25) is 5.91 Å². The molecule has 0 spiro atoms. The Morgan fingerprint density at radius 3 is 2.78 bits per heavy atom. The van der Waals surface area contributed by atoms with Gasteiger partial charge < -0.3 is 15.5 Å². The van der Waals surface area contributed by atoms with E-state index in [9.17, 15) is 9.59 Å². The number of carbonyl (C=O) groups excluding carboxylic acids is 2. The summed E-state index contributed by atoms with van der Waals surface area (Å²) in [7, 11) is 0. The maximum absolute atomic E-state index is 11.8. The molecule has 98 valence electrons. The summed E-state index contributed by atoms with van der Waals surface area (Å²) in [6.07, 6.45) is 0. The largest absolute Gasteiger partial charge is 0.342 e. The van der Waals surface area contributed by atoms with Crippen LogP contribution in [0.5, 0.6) is 0 Å². The molecular weight excluding hydrogens is 318 g/mol. The predicted molar refractivity (Wildman–Crippen MR) is 73.8 cm³/mol. The Morgan fingerprint density at radius 1 is 1.44 bits per heavy atom. The Labute approximate surface area is 118 Å². The van der Waals surface area contributed by atoms with Crippen molar-refractivity contribution in [2.45, 2.75) is 0 Å².